The summed E-state index contributed by atoms with van der Waals surface area (Å²) >= 11 is 2.95. The number of esters is 1. The number of hydrogen-bond acceptors (Lipinski definition) is 19. The molecule has 0 saturated carbocycles. The third kappa shape index (κ3) is 14.4. The quantitative estimate of drug-likeness (QED) is 0.0763. The number of nitrogens with zero attached hydrogens (tertiary/aromatic N) is 8. The lowest BCUT2D eigenvalue weighted by molar-refractivity contribution is -0.149. The van der Waals surface area contributed by atoms with Gasteiger partial charge in [-0.3, -0.25) is 4.90 Å². The zero-order valence-electron chi connectivity index (χ0n) is 45.0. The molecule has 0 bridgehead atoms. The van der Waals surface area contributed by atoms with Gasteiger partial charge in [0, 0.05) is 109 Å². The number of carbonyl (C=O) groups excluding carboxylic acids is 3. The maximum absolute atomic E-state index is 13.7. The minimum absolute atomic E-state index is 0.196. The van der Waals surface area contributed by atoms with Gasteiger partial charge in [-0.1, -0.05) is 12.1 Å². The summed E-state index contributed by atoms with van der Waals surface area (Å²) in [5.74, 6) is 0.483. The van der Waals surface area contributed by atoms with Gasteiger partial charge in [-0.15, -0.1) is 22.7 Å². The molecule has 23 heteroatoms. The largest absolute Gasteiger partial charge is 0.489 e. The molecule has 2 aliphatic rings. The fourth-order valence-corrected chi connectivity index (χ4v) is 10.3. The number of aliphatic hydroxyl groups is 1. The van der Waals surface area contributed by atoms with Gasteiger partial charge >= 0.3 is 18.2 Å². The predicted octanol–water partition coefficient (Wildman–Crippen LogP) is 11.7. The molecule has 10 rings (SSSR count). The van der Waals surface area contributed by atoms with Gasteiger partial charge in [-0.25, -0.2) is 53.1 Å². The van der Waals surface area contributed by atoms with E-state index in [1.807, 2.05) is 49.7 Å². The molecular weight excluding hydrogens is 1070 g/mol. The lowest BCUT2D eigenvalue weighted by Gasteiger charge is -2.39. The zero-order chi connectivity index (χ0) is 56.7. The monoisotopic (exact) mass is 1130 g/mol. The van der Waals surface area contributed by atoms with Gasteiger partial charge in [-0.05, 0) is 90.1 Å². The average molecular weight is 1130 g/mol. The lowest BCUT2D eigenvalue weighted by atomic mass is 9.99. The normalized spacial score (nSPS) is 17.5. The van der Waals surface area contributed by atoms with Crippen molar-refractivity contribution in [1.29, 1.82) is 0 Å². The Morgan fingerprint density at radius 2 is 1.14 bits per heavy atom. The predicted molar refractivity (Wildman–Crippen MR) is 301 cm³/mol. The Morgan fingerprint density at radius 3 is 1.57 bits per heavy atom. The van der Waals surface area contributed by atoms with Crippen molar-refractivity contribution < 1.29 is 52.0 Å². The smallest absolute Gasteiger partial charge is 0.411 e. The molecule has 19 nitrogen and oxygen atoms in total. The molecule has 3 N–H and O–H groups in total. The van der Waals surface area contributed by atoms with Crippen LogP contribution in [0, 0.1) is 11.6 Å². The second kappa shape index (κ2) is 24.5. The zero-order valence-corrected chi connectivity index (χ0v) is 46.6. The van der Waals surface area contributed by atoms with Crippen LogP contribution >= 0.6 is 22.7 Å². The number of nitrogens with one attached hydrogen (secondary N) is 2. The van der Waals surface area contributed by atoms with Crippen LogP contribution in [0.5, 0.6) is 11.5 Å². The second-order valence-corrected chi connectivity index (χ2v) is 22.7. The van der Waals surface area contributed by atoms with E-state index in [1.54, 1.807) is 80.8 Å². The highest BCUT2D eigenvalue weighted by molar-refractivity contribution is 7.13. The number of aliphatic hydroxyl groups excluding tert-OH is 1. The fourth-order valence-electron chi connectivity index (χ4n) is 9.03. The van der Waals surface area contributed by atoms with Gasteiger partial charge in [0.2, 0.25) is 11.9 Å². The molecule has 0 aliphatic carbocycles. The first-order valence-electron chi connectivity index (χ1n) is 25.8. The highest BCUT2D eigenvalue weighted by Crippen LogP contribution is 2.39. The van der Waals surface area contributed by atoms with E-state index in [2.05, 4.69) is 40.5 Å². The highest BCUT2D eigenvalue weighted by Gasteiger charge is 2.40. The number of halogens is 2. The van der Waals surface area contributed by atoms with Gasteiger partial charge in [-0.2, -0.15) is 0 Å². The Bertz CT molecular complexity index is 3470. The molecule has 2 saturated heterocycles. The van der Waals surface area contributed by atoms with Crippen molar-refractivity contribution in [2.24, 2.45) is 0 Å². The van der Waals surface area contributed by atoms with Crippen LogP contribution < -0.4 is 20.1 Å². The van der Waals surface area contributed by atoms with Crippen LogP contribution in [0.4, 0.5) is 41.6 Å². The van der Waals surface area contributed by atoms with Gasteiger partial charge in [0.05, 0.1) is 41.9 Å². The number of aromatic nitrogens is 6. The number of likely N-dealkylation sites (tertiary alicyclic amines) is 2. The number of rotatable bonds is 12. The summed E-state index contributed by atoms with van der Waals surface area (Å²) in [5, 5.41) is 23.0. The van der Waals surface area contributed by atoms with Crippen molar-refractivity contribution in [1.82, 2.24) is 39.7 Å². The Kier molecular flexibility index (Phi) is 17.3. The fraction of sp³-hybridized carbons (Fsp3) is 0.351. The van der Waals surface area contributed by atoms with E-state index in [1.165, 1.54) is 58.9 Å². The Balaban J connectivity index is 0.000000194. The van der Waals surface area contributed by atoms with E-state index in [9.17, 15) is 28.3 Å². The number of anilines is 4. The van der Waals surface area contributed by atoms with Gasteiger partial charge in [0.15, 0.2) is 0 Å². The number of fused-ring (bicyclic) bond motifs is 2. The number of piperidine rings is 2. The Labute approximate surface area is 468 Å². The maximum Gasteiger partial charge on any atom is 0.411 e. The number of thiazole rings is 2. The third-order valence-corrected chi connectivity index (χ3v) is 14.2. The van der Waals surface area contributed by atoms with Crippen molar-refractivity contribution >= 4 is 85.9 Å². The standard InChI is InChI=1S/C29H30FN5O5S.C28H30FN5O4S/c1-29(2,3)40-28(37)35-10-8-20(14-23(35)26(36)38-4)39-24-15-22-17(12-21(24)25-31-9-11-41-25)16-32-27(34-22)33-19-7-5-6-18(30)13-19;1-28(2,3)38-27(36)34-9-7-21(13-20(34)16-35)37-24-14-23-17(11-22(24)25-30-8-10-39-25)15-31-26(33-23)32-19-6-4-5-18(29)12-19/h5-7,9,11-13,15-16,20,23H,8,10,14H2,1-4H3,(H,32,33,34);4-6,8,10-12,14-15,20-21,35H,7,9,13,16H2,1-3H3,(H,31,32,33)/t20?,23-;20-,21?/m11/s1. The molecule has 4 aromatic heterocycles. The third-order valence-electron chi connectivity index (χ3n) is 12.6. The highest BCUT2D eigenvalue weighted by atomic mass is 32.1. The molecule has 2 aliphatic heterocycles. The van der Waals surface area contributed by atoms with Crippen LogP contribution in [-0.4, -0.2) is 125 Å². The molecule has 418 valence electrons. The van der Waals surface area contributed by atoms with E-state index in [0.717, 1.165) is 31.9 Å². The molecule has 6 heterocycles. The molecule has 0 spiro atoms. The van der Waals surface area contributed by atoms with Crippen LogP contribution in [0.1, 0.15) is 67.2 Å². The lowest BCUT2D eigenvalue weighted by Crippen LogP contribution is -2.53. The first-order chi connectivity index (χ1) is 38.3. The van der Waals surface area contributed by atoms with Crippen LogP contribution in [0.25, 0.3) is 42.9 Å². The van der Waals surface area contributed by atoms with Crippen molar-refractivity contribution in [2.75, 3.05) is 37.4 Å². The van der Waals surface area contributed by atoms with Crippen LogP contribution in [0.2, 0.25) is 0 Å². The maximum atomic E-state index is 13.7. The molecule has 80 heavy (non-hydrogen) atoms. The summed E-state index contributed by atoms with van der Waals surface area (Å²) in [7, 11) is 1.29. The molecule has 4 aromatic carbocycles. The van der Waals surface area contributed by atoms with Crippen LogP contribution in [0.3, 0.4) is 0 Å². The number of amides is 2. The van der Waals surface area contributed by atoms with Crippen molar-refractivity contribution in [3.63, 3.8) is 0 Å². The molecule has 4 atom stereocenters. The topological polar surface area (TPSA) is 225 Å². The summed E-state index contributed by atoms with van der Waals surface area (Å²) in [5.41, 5.74) is 2.54. The molecule has 0 radical (unpaired) electrons. The number of ether oxygens (including phenoxy) is 5. The summed E-state index contributed by atoms with van der Waals surface area (Å²) in [6, 6.07) is 18.3. The first-order valence-corrected chi connectivity index (χ1v) is 27.5. The number of methoxy groups -OCH3 is 1. The minimum Gasteiger partial charge on any atom is -0.489 e. The summed E-state index contributed by atoms with van der Waals surface area (Å²) in [4.78, 5) is 68.2. The number of benzene rings is 4. The van der Waals surface area contributed by atoms with Gasteiger partial charge < -0.3 is 44.3 Å². The summed E-state index contributed by atoms with van der Waals surface area (Å²) in [6.45, 7) is 11.2. The van der Waals surface area contributed by atoms with E-state index >= 15 is 0 Å². The number of hydrogen-bond donors (Lipinski definition) is 3. The molecule has 2 amide bonds. The van der Waals surface area contributed by atoms with Crippen molar-refractivity contribution in [2.45, 2.75) is 103 Å². The SMILES string of the molecule is CC(C)(C)OC(=O)N1CCC(Oc2cc3nc(Nc4cccc(F)c4)ncc3cc2-c2nccs2)C[C@@H]1CO.COC(=O)[C@H]1CC(Oc2cc3nc(Nc4cccc(F)c4)ncc3cc2-c2nccs2)CCN1C(=O)OC(C)(C)C. The van der Waals surface area contributed by atoms with Gasteiger partial charge in [0.25, 0.3) is 0 Å². The van der Waals surface area contributed by atoms with Crippen LogP contribution in [-0.2, 0) is 19.0 Å². The molecular formula is C57H60F2N10O9S2. The van der Waals surface area contributed by atoms with E-state index in [0.29, 0.717) is 71.6 Å². The summed E-state index contributed by atoms with van der Waals surface area (Å²) in [6.07, 6.45) is 6.87. The van der Waals surface area contributed by atoms with Crippen molar-refractivity contribution in [3.8, 4) is 32.6 Å². The first kappa shape index (κ1) is 56.6. The second-order valence-electron chi connectivity index (χ2n) is 20.9. The number of carbonyl (C=O) groups is 3. The Morgan fingerprint density at radius 1 is 0.662 bits per heavy atom. The van der Waals surface area contributed by atoms with Crippen molar-refractivity contribution in [3.05, 3.63) is 120 Å². The Hall–Kier alpha value is -8.15. The average Bonchev–Trinajstić information content (AvgIpc) is 4.17. The van der Waals surface area contributed by atoms with Gasteiger partial charge in [0.1, 0.15) is 62.6 Å². The molecule has 8 aromatic rings. The minimum atomic E-state index is -0.859. The molecule has 2 unspecified atom stereocenters. The van der Waals surface area contributed by atoms with Crippen LogP contribution in [0.15, 0.2) is 108 Å². The molecule has 2 fully saturated rings. The van der Waals surface area contributed by atoms with E-state index in [-0.39, 0.29) is 37.3 Å². The van der Waals surface area contributed by atoms with E-state index in [4.69, 9.17) is 23.7 Å². The summed E-state index contributed by atoms with van der Waals surface area (Å²) < 4.78 is 56.3. The van der Waals surface area contributed by atoms with E-state index < -0.39 is 47.5 Å².